The largest absolute Gasteiger partial charge is 0.395 e. The SMILES string of the molecule is CSC(CO)C(C)NC(=O)CCc1csc2nc(C)cn12. The molecule has 2 N–H and O–H groups in total. The zero-order valence-corrected chi connectivity index (χ0v) is 14.1. The third-order valence-electron chi connectivity index (χ3n) is 3.44. The average Bonchev–Trinajstić information content (AvgIpc) is 2.97. The molecule has 2 aromatic heterocycles. The number of aromatic nitrogens is 2. The molecule has 2 atom stereocenters. The Morgan fingerprint density at radius 3 is 3.05 bits per heavy atom. The summed E-state index contributed by atoms with van der Waals surface area (Å²) in [5.74, 6) is 0.0196. The molecule has 2 aromatic rings. The highest BCUT2D eigenvalue weighted by Crippen LogP contribution is 2.18. The van der Waals surface area contributed by atoms with Crippen LogP contribution in [-0.4, -0.2) is 44.6 Å². The molecule has 0 saturated heterocycles. The van der Waals surface area contributed by atoms with E-state index in [4.69, 9.17) is 0 Å². The lowest BCUT2D eigenvalue weighted by Crippen LogP contribution is -2.41. The highest BCUT2D eigenvalue weighted by atomic mass is 32.2. The summed E-state index contributed by atoms with van der Waals surface area (Å²) in [5, 5.41) is 14.3. The molecule has 1 amide bonds. The van der Waals surface area contributed by atoms with E-state index in [1.165, 1.54) is 0 Å². The molecule has 0 aliphatic heterocycles. The van der Waals surface area contributed by atoms with Crippen molar-refractivity contribution in [1.82, 2.24) is 14.7 Å². The molecule has 0 spiro atoms. The smallest absolute Gasteiger partial charge is 0.220 e. The van der Waals surface area contributed by atoms with E-state index in [9.17, 15) is 9.90 Å². The number of hydrogen-bond donors (Lipinski definition) is 2. The number of rotatable bonds is 7. The van der Waals surface area contributed by atoms with Gasteiger partial charge < -0.3 is 10.4 Å². The van der Waals surface area contributed by atoms with E-state index in [1.54, 1.807) is 23.1 Å². The number of hydrogen-bond acceptors (Lipinski definition) is 5. The molecule has 5 nitrogen and oxygen atoms in total. The standard InChI is InChI=1S/C14H21N3O2S2/c1-9-6-17-11(8-21-14(17)15-9)4-5-13(19)16-10(2)12(7-18)20-3/h6,8,10,12,18H,4-5,7H2,1-3H3,(H,16,19). The number of thiazole rings is 1. The first-order valence-electron chi connectivity index (χ1n) is 6.90. The maximum absolute atomic E-state index is 12.0. The lowest BCUT2D eigenvalue weighted by atomic mass is 10.2. The van der Waals surface area contributed by atoms with Crippen molar-refractivity contribution in [2.75, 3.05) is 12.9 Å². The Kier molecular flexibility index (Phi) is 5.66. The zero-order valence-electron chi connectivity index (χ0n) is 12.5. The van der Waals surface area contributed by atoms with Crippen molar-refractivity contribution in [3.8, 4) is 0 Å². The second kappa shape index (κ2) is 7.29. The van der Waals surface area contributed by atoms with Crippen LogP contribution in [0.15, 0.2) is 11.6 Å². The van der Waals surface area contributed by atoms with E-state index in [0.29, 0.717) is 12.8 Å². The molecule has 0 aliphatic carbocycles. The molecule has 116 valence electrons. The van der Waals surface area contributed by atoms with Gasteiger partial charge in [-0.3, -0.25) is 9.20 Å². The van der Waals surface area contributed by atoms with Gasteiger partial charge in [-0.2, -0.15) is 11.8 Å². The van der Waals surface area contributed by atoms with Gasteiger partial charge in [0.15, 0.2) is 4.96 Å². The van der Waals surface area contributed by atoms with Gasteiger partial charge >= 0.3 is 0 Å². The highest BCUT2D eigenvalue weighted by molar-refractivity contribution is 7.99. The number of amides is 1. The Morgan fingerprint density at radius 1 is 1.62 bits per heavy atom. The summed E-state index contributed by atoms with van der Waals surface area (Å²) in [6, 6.07) is -0.0320. The zero-order chi connectivity index (χ0) is 15.4. The maximum Gasteiger partial charge on any atom is 0.220 e. The number of imidazole rings is 1. The maximum atomic E-state index is 12.0. The van der Waals surface area contributed by atoms with E-state index in [0.717, 1.165) is 16.3 Å². The van der Waals surface area contributed by atoms with Crippen LogP contribution in [0.2, 0.25) is 0 Å². The van der Waals surface area contributed by atoms with Crippen LogP contribution >= 0.6 is 23.1 Å². The third kappa shape index (κ3) is 3.99. The minimum absolute atomic E-state index is 0.0196. The van der Waals surface area contributed by atoms with Crippen molar-refractivity contribution < 1.29 is 9.90 Å². The Balaban J connectivity index is 1.89. The van der Waals surface area contributed by atoms with Crippen LogP contribution < -0.4 is 5.32 Å². The Hall–Kier alpha value is -1.05. The second-order valence-electron chi connectivity index (χ2n) is 5.07. The third-order valence-corrected chi connectivity index (χ3v) is 5.49. The molecule has 21 heavy (non-hydrogen) atoms. The first-order chi connectivity index (χ1) is 10.0. The monoisotopic (exact) mass is 327 g/mol. The van der Waals surface area contributed by atoms with Gasteiger partial charge in [0.1, 0.15) is 0 Å². The Bertz CT molecular complexity index is 604. The number of aliphatic hydroxyl groups excluding tert-OH is 1. The number of aryl methyl sites for hydroxylation is 2. The average molecular weight is 327 g/mol. The highest BCUT2D eigenvalue weighted by Gasteiger charge is 2.17. The van der Waals surface area contributed by atoms with Crippen LogP contribution in [0, 0.1) is 6.92 Å². The fourth-order valence-corrected chi connectivity index (χ4v) is 3.80. The van der Waals surface area contributed by atoms with Crippen LogP contribution in [0.1, 0.15) is 24.7 Å². The van der Waals surface area contributed by atoms with Gasteiger partial charge in [0, 0.05) is 35.0 Å². The summed E-state index contributed by atoms with van der Waals surface area (Å²) in [7, 11) is 0. The summed E-state index contributed by atoms with van der Waals surface area (Å²) in [6.07, 6.45) is 5.07. The van der Waals surface area contributed by atoms with Gasteiger partial charge in [0.25, 0.3) is 0 Å². The van der Waals surface area contributed by atoms with E-state index >= 15 is 0 Å². The Morgan fingerprint density at radius 2 is 2.38 bits per heavy atom. The normalized spacial score (nSPS) is 14.3. The summed E-state index contributed by atoms with van der Waals surface area (Å²) in [4.78, 5) is 17.4. The topological polar surface area (TPSA) is 66.6 Å². The van der Waals surface area contributed by atoms with E-state index < -0.39 is 0 Å². The molecule has 0 aromatic carbocycles. The van der Waals surface area contributed by atoms with Gasteiger partial charge in [-0.05, 0) is 26.5 Å². The van der Waals surface area contributed by atoms with Gasteiger partial charge in [-0.15, -0.1) is 11.3 Å². The molecule has 0 saturated carbocycles. The molecular formula is C14H21N3O2S2. The van der Waals surface area contributed by atoms with E-state index in [-0.39, 0.29) is 23.8 Å². The van der Waals surface area contributed by atoms with E-state index in [1.807, 2.05) is 26.3 Å². The molecule has 7 heteroatoms. The molecule has 2 heterocycles. The molecule has 0 fully saturated rings. The molecule has 0 radical (unpaired) electrons. The number of fused-ring (bicyclic) bond motifs is 1. The number of nitrogens with zero attached hydrogens (tertiary/aromatic N) is 2. The Labute approximate surface area is 132 Å². The predicted octanol–water partition coefficient (Wildman–Crippen LogP) is 1.87. The number of thioether (sulfide) groups is 1. The fraction of sp³-hybridized carbons (Fsp3) is 0.571. The van der Waals surface area contributed by atoms with Gasteiger partial charge in [0.2, 0.25) is 5.91 Å². The first-order valence-corrected chi connectivity index (χ1v) is 9.07. The van der Waals surface area contributed by atoms with Crippen LogP contribution in [0.3, 0.4) is 0 Å². The van der Waals surface area contributed by atoms with Crippen molar-refractivity contribution in [1.29, 1.82) is 0 Å². The molecule has 0 bridgehead atoms. The lowest BCUT2D eigenvalue weighted by Gasteiger charge is -2.21. The van der Waals surface area contributed by atoms with Crippen molar-refractivity contribution in [2.45, 2.75) is 38.0 Å². The van der Waals surface area contributed by atoms with Crippen LogP contribution in [0.5, 0.6) is 0 Å². The summed E-state index contributed by atoms with van der Waals surface area (Å²) < 4.78 is 2.05. The van der Waals surface area contributed by atoms with Crippen LogP contribution in [0.4, 0.5) is 0 Å². The van der Waals surface area contributed by atoms with Crippen LogP contribution in [-0.2, 0) is 11.2 Å². The van der Waals surface area contributed by atoms with Gasteiger partial charge in [-0.1, -0.05) is 0 Å². The van der Waals surface area contributed by atoms with Crippen molar-refractivity contribution >= 4 is 34.0 Å². The molecule has 2 rings (SSSR count). The number of nitrogens with one attached hydrogen (secondary N) is 1. The van der Waals surface area contributed by atoms with Crippen LogP contribution in [0.25, 0.3) is 4.96 Å². The lowest BCUT2D eigenvalue weighted by molar-refractivity contribution is -0.121. The minimum atomic E-state index is -0.0320. The summed E-state index contributed by atoms with van der Waals surface area (Å²) in [5.41, 5.74) is 2.11. The minimum Gasteiger partial charge on any atom is -0.395 e. The molecule has 0 aliphatic rings. The summed E-state index contributed by atoms with van der Waals surface area (Å²) >= 11 is 3.16. The molecule has 2 unspecified atom stereocenters. The number of carbonyl (C=O) groups excluding carboxylic acids is 1. The summed E-state index contributed by atoms with van der Waals surface area (Å²) in [6.45, 7) is 3.97. The van der Waals surface area contributed by atoms with Crippen molar-refractivity contribution in [2.24, 2.45) is 0 Å². The van der Waals surface area contributed by atoms with Gasteiger partial charge in [0.05, 0.1) is 12.3 Å². The molecular weight excluding hydrogens is 306 g/mol. The number of carbonyl (C=O) groups is 1. The van der Waals surface area contributed by atoms with E-state index in [2.05, 4.69) is 20.1 Å². The predicted molar refractivity (Wildman–Crippen MR) is 88.1 cm³/mol. The second-order valence-corrected chi connectivity index (χ2v) is 6.99. The van der Waals surface area contributed by atoms with Gasteiger partial charge in [-0.25, -0.2) is 4.98 Å². The van der Waals surface area contributed by atoms with Crippen molar-refractivity contribution in [3.63, 3.8) is 0 Å². The first kappa shape index (κ1) is 16.3. The quantitative estimate of drug-likeness (QED) is 0.815. The van der Waals surface area contributed by atoms with Crippen molar-refractivity contribution in [3.05, 3.63) is 23.0 Å². The fourth-order valence-electron chi connectivity index (χ4n) is 2.22. The number of aliphatic hydroxyl groups is 1.